The number of aliphatic carboxylic acids is 1. The molecular weight excluding hydrogens is 234 g/mol. The summed E-state index contributed by atoms with van der Waals surface area (Å²) in [6, 6.07) is 0. The Labute approximate surface area is 106 Å². The molecule has 1 saturated carbocycles. The predicted octanol–water partition coefficient (Wildman–Crippen LogP) is 0.540. The molecule has 0 bridgehead atoms. The van der Waals surface area contributed by atoms with Crippen molar-refractivity contribution >= 4 is 11.9 Å². The van der Waals surface area contributed by atoms with Crippen LogP contribution in [-0.2, 0) is 9.59 Å². The topological polar surface area (TPSA) is 86.6 Å². The zero-order valence-corrected chi connectivity index (χ0v) is 10.2. The number of carbonyl (C=O) groups excluding carboxylic acids is 1. The van der Waals surface area contributed by atoms with E-state index >= 15 is 0 Å². The summed E-state index contributed by atoms with van der Waals surface area (Å²) in [5, 5.41) is 21.4. The molecule has 2 aliphatic carbocycles. The molecule has 1 fully saturated rings. The monoisotopic (exact) mass is 253 g/mol. The molecule has 2 aliphatic rings. The highest BCUT2D eigenvalue weighted by Gasteiger charge is 2.35. The average molecular weight is 253 g/mol. The Kier molecular flexibility index (Phi) is 4.01. The molecule has 0 saturated heterocycles. The number of aliphatic hydroxyl groups excluding tert-OH is 1. The van der Waals surface area contributed by atoms with Gasteiger partial charge in [0.25, 0.3) is 0 Å². The van der Waals surface area contributed by atoms with Crippen LogP contribution in [0, 0.1) is 17.8 Å². The first kappa shape index (κ1) is 13.1. The fourth-order valence-electron chi connectivity index (χ4n) is 2.36. The van der Waals surface area contributed by atoms with Crippen molar-refractivity contribution in [3.63, 3.8) is 0 Å². The molecule has 0 spiro atoms. The molecule has 2 rings (SSSR count). The molecular formula is C13H19NO4. The number of aliphatic hydroxyl groups is 1. The Morgan fingerprint density at radius 3 is 2.39 bits per heavy atom. The summed E-state index contributed by atoms with van der Waals surface area (Å²) in [5.74, 6) is -2.03. The van der Waals surface area contributed by atoms with Gasteiger partial charge in [0.1, 0.15) is 0 Å². The molecule has 3 atom stereocenters. The van der Waals surface area contributed by atoms with Crippen LogP contribution in [0.3, 0.4) is 0 Å². The van der Waals surface area contributed by atoms with Crippen LogP contribution in [0.25, 0.3) is 0 Å². The largest absolute Gasteiger partial charge is 0.481 e. The second-order valence-corrected chi connectivity index (χ2v) is 5.14. The van der Waals surface area contributed by atoms with E-state index in [0.29, 0.717) is 18.8 Å². The first-order valence-corrected chi connectivity index (χ1v) is 6.43. The van der Waals surface area contributed by atoms with Gasteiger partial charge in [-0.15, -0.1) is 0 Å². The lowest BCUT2D eigenvalue weighted by molar-refractivity contribution is -0.147. The first-order valence-electron chi connectivity index (χ1n) is 6.43. The van der Waals surface area contributed by atoms with Crippen molar-refractivity contribution in [1.29, 1.82) is 0 Å². The van der Waals surface area contributed by atoms with E-state index in [1.165, 1.54) is 0 Å². The summed E-state index contributed by atoms with van der Waals surface area (Å²) in [4.78, 5) is 23.0. The second kappa shape index (κ2) is 5.52. The average Bonchev–Trinajstić information content (AvgIpc) is 3.19. The molecule has 0 heterocycles. The van der Waals surface area contributed by atoms with Gasteiger partial charge in [0.05, 0.1) is 17.9 Å². The standard InChI is InChI=1S/C13H19NO4/c15-11(8-5-6-8)7-14-12(16)9-3-1-2-4-10(9)13(17)18/h1-2,8-11,15H,3-7H2,(H,14,16)(H,17,18). The molecule has 18 heavy (non-hydrogen) atoms. The number of carbonyl (C=O) groups is 2. The summed E-state index contributed by atoms with van der Waals surface area (Å²) in [6.07, 6.45) is 6.06. The summed E-state index contributed by atoms with van der Waals surface area (Å²) in [6.45, 7) is 0.232. The molecule has 5 heteroatoms. The van der Waals surface area contributed by atoms with Crippen molar-refractivity contribution in [2.45, 2.75) is 31.8 Å². The number of amides is 1. The van der Waals surface area contributed by atoms with Gasteiger partial charge in [-0.25, -0.2) is 0 Å². The summed E-state index contributed by atoms with van der Waals surface area (Å²) < 4.78 is 0. The van der Waals surface area contributed by atoms with E-state index in [9.17, 15) is 14.7 Å². The van der Waals surface area contributed by atoms with Gasteiger partial charge in [-0.1, -0.05) is 12.2 Å². The third-order valence-electron chi connectivity index (χ3n) is 3.74. The number of rotatable bonds is 5. The number of nitrogens with one attached hydrogen (secondary N) is 1. The Bertz CT molecular complexity index is 362. The van der Waals surface area contributed by atoms with Gasteiger partial charge in [-0.3, -0.25) is 9.59 Å². The maximum absolute atomic E-state index is 11.9. The molecule has 3 N–H and O–H groups in total. The van der Waals surface area contributed by atoms with Crippen molar-refractivity contribution < 1.29 is 19.8 Å². The summed E-state index contributed by atoms with van der Waals surface area (Å²) in [7, 11) is 0. The van der Waals surface area contributed by atoms with Gasteiger partial charge in [-0.2, -0.15) is 0 Å². The molecule has 5 nitrogen and oxygen atoms in total. The highest BCUT2D eigenvalue weighted by molar-refractivity contribution is 5.85. The van der Waals surface area contributed by atoms with Gasteiger partial charge in [0, 0.05) is 6.54 Å². The molecule has 0 aromatic rings. The van der Waals surface area contributed by atoms with Gasteiger partial charge in [0.2, 0.25) is 5.91 Å². The van der Waals surface area contributed by atoms with E-state index in [0.717, 1.165) is 12.8 Å². The minimum atomic E-state index is -0.928. The Morgan fingerprint density at radius 2 is 1.83 bits per heavy atom. The maximum Gasteiger partial charge on any atom is 0.307 e. The van der Waals surface area contributed by atoms with Crippen molar-refractivity contribution in [2.24, 2.45) is 17.8 Å². The lowest BCUT2D eigenvalue weighted by Crippen LogP contribution is -2.42. The van der Waals surface area contributed by atoms with E-state index < -0.39 is 23.9 Å². The van der Waals surface area contributed by atoms with E-state index in [2.05, 4.69) is 5.32 Å². The number of carboxylic acid groups (broad SMARTS) is 1. The smallest absolute Gasteiger partial charge is 0.307 e. The van der Waals surface area contributed by atoms with Crippen molar-refractivity contribution in [1.82, 2.24) is 5.32 Å². The highest BCUT2D eigenvalue weighted by atomic mass is 16.4. The third-order valence-corrected chi connectivity index (χ3v) is 3.74. The molecule has 0 aromatic carbocycles. The highest BCUT2D eigenvalue weighted by Crippen LogP contribution is 2.32. The van der Waals surface area contributed by atoms with Gasteiger partial charge in [0.15, 0.2) is 0 Å². The molecule has 100 valence electrons. The fraction of sp³-hybridized carbons (Fsp3) is 0.692. The van der Waals surface area contributed by atoms with Gasteiger partial charge >= 0.3 is 5.97 Å². The minimum Gasteiger partial charge on any atom is -0.481 e. The zero-order chi connectivity index (χ0) is 13.1. The Hall–Kier alpha value is -1.36. The van der Waals surface area contributed by atoms with Crippen LogP contribution in [0.5, 0.6) is 0 Å². The van der Waals surface area contributed by atoms with E-state index in [-0.39, 0.29) is 12.5 Å². The van der Waals surface area contributed by atoms with Crippen molar-refractivity contribution in [3.8, 4) is 0 Å². The molecule has 1 amide bonds. The van der Waals surface area contributed by atoms with Crippen molar-refractivity contribution in [2.75, 3.05) is 6.54 Å². The normalized spacial score (nSPS) is 28.7. The van der Waals surface area contributed by atoms with Crippen LogP contribution in [-0.4, -0.2) is 34.7 Å². The number of hydrogen-bond acceptors (Lipinski definition) is 3. The van der Waals surface area contributed by atoms with E-state index in [1.807, 2.05) is 12.2 Å². The first-order chi connectivity index (χ1) is 8.59. The van der Waals surface area contributed by atoms with Crippen LogP contribution in [0.15, 0.2) is 12.2 Å². The predicted molar refractivity (Wildman–Crippen MR) is 64.7 cm³/mol. The van der Waals surface area contributed by atoms with E-state index in [1.54, 1.807) is 0 Å². The SMILES string of the molecule is O=C(O)C1CC=CCC1C(=O)NCC(O)C1CC1. The van der Waals surface area contributed by atoms with Crippen LogP contribution in [0.4, 0.5) is 0 Å². The lowest BCUT2D eigenvalue weighted by Gasteiger charge is -2.24. The van der Waals surface area contributed by atoms with Gasteiger partial charge in [-0.05, 0) is 31.6 Å². The number of carboxylic acids is 1. The summed E-state index contributed by atoms with van der Waals surface area (Å²) in [5.41, 5.74) is 0. The van der Waals surface area contributed by atoms with Gasteiger partial charge < -0.3 is 15.5 Å². The summed E-state index contributed by atoms with van der Waals surface area (Å²) >= 11 is 0. The van der Waals surface area contributed by atoms with Crippen LogP contribution >= 0.6 is 0 Å². The van der Waals surface area contributed by atoms with E-state index in [4.69, 9.17) is 5.11 Å². The fourth-order valence-corrected chi connectivity index (χ4v) is 2.36. The second-order valence-electron chi connectivity index (χ2n) is 5.14. The zero-order valence-electron chi connectivity index (χ0n) is 10.2. The quantitative estimate of drug-likeness (QED) is 0.624. The molecule has 0 radical (unpaired) electrons. The minimum absolute atomic E-state index is 0.232. The number of hydrogen-bond donors (Lipinski definition) is 3. The molecule has 3 unspecified atom stereocenters. The number of allylic oxidation sites excluding steroid dienone is 2. The molecule has 0 aliphatic heterocycles. The van der Waals surface area contributed by atoms with Crippen LogP contribution in [0.1, 0.15) is 25.7 Å². The maximum atomic E-state index is 11.9. The Morgan fingerprint density at radius 1 is 1.22 bits per heavy atom. The lowest BCUT2D eigenvalue weighted by atomic mass is 9.82. The third kappa shape index (κ3) is 3.10. The van der Waals surface area contributed by atoms with Crippen molar-refractivity contribution in [3.05, 3.63) is 12.2 Å². The molecule has 0 aromatic heterocycles. The van der Waals surface area contributed by atoms with Crippen LogP contribution < -0.4 is 5.32 Å². The Balaban J connectivity index is 1.86. The van der Waals surface area contributed by atoms with Crippen LogP contribution in [0.2, 0.25) is 0 Å².